The Morgan fingerprint density at radius 2 is 2.17 bits per heavy atom. The smallest absolute Gasteiger partial charge is 0.161 e. The van der Waals surface area contributed by atoms with Crippen molar-refractivity contribution in [3.8, 4) is 0 Å². The van der Waals surface area contributed by atoms with Gasteiger partial charge in [0, 0.05) is 10.8 Å². The van der Waals surface area contributed by atoms with Gasteiger partial charge in [-0.1, -0.05) is 37.2 Å². The van der Waals surface area contributed by atoms with E-state index in [2.05, 4.69) is 24.2 Å². The third-order valence-corrected chi connectivity index (χ3v) is 4.69. The average Bonchev–Trinajstić information content (AvgIpc) is 2.77. The van der Waals surface area contributed by atoms with Gasteiger partial charge in [-0.05, 0) is 31.0 Å². The first-order valence-electron chi connectivity index (χ1n) is 6.03. The van der Waals surface area contributed by atoms with E-state index in [-0.39, 0.29) is 11.4 Å². The second-order valence-corrected chi connectivity index (χ2v) is 5.79. The Balaban J connectivity index is 2.15. The molecule has 0 bridgehead atoms. The molecule has 2 nitrogen and oxygen atoms in total. The fourth-order valence-corrected chi connectivity index (χ4v) is 3.34. The minimum Gasteiger partial charge on any atom is -0.333 e. The van der Waals surface area contributed by atoms with Crippen LogP contribution in [0.4, 0.5) is 10.1 Å². The monoisotopic (exact) mass is 286 g/mol. The van der Waals surface area contributed by atoms with Crippen molar-refractivity contribution in [2.24, 2.45) is 4.99 Å². The molecule has 1 aliphatic rings. The van der Waals surface area contributed by atoms with Crippen LogP contribution in [0.15, 0.2) is 23.2 Å². The summed E-state index contributed by atoms with van der Waals surface area (Å²) in [6, 6.07) is 4.61. The number of hydrogen-bond donors (Lipinski definition) is 1. The van der Waals surface area contributed by atoms with E-state index in [0.29, 0.717) is 10.7 Å². The maximum atomic E-state index is 13.6. The lowest BCUT2D eigenvalue weighted by molar-refractivity contribution is 0.456. The predicted molar refractivity (Wildman–Crippen MR) is 78.2 cm³/mol. The third kappa shape index (κ3) is 2.81. The maximum absolute atomic E-state index is 13.6. The fraction of sp³-hybridized carbons (Fsp3) is 0.462. The lowest BCUT2D eigenvalue weighted by Crippen LogP contribution is -2.24. The van der Waals surface area contributed by atoms with E-state index in [0.717, 1.165) is 23.8 Å². The van der Waals surface area contributed by atoms with Gasteiger partial charge in [-0.15, -0.1) is 0 Å². The lowest BCUT2D eigenvalue weighted by Gasteiger charge is -2.20. The molecule has 5 heteroatoms. The van der Waals surface area contributed by atoms with Gasteiger partial charge in [0.2, 0.25) is 0 Å². The molecule has 0 unspecified atom stereocenters. The number of nitrogens with one attached hydrogen (secondary N) is 1. The van der Waals surface area contributed by atoms with Gasteiger partial charge < -0.3 is 5.32 Å². The lowest BCUT2D eigenvalue weighted by atomic mass is 9.97. The summed E-state index contributed by atoms with van der Waals surface area (Å²) in [6.45, 7) is 4.28. The third-order valence-electron chi connectivity index (χ3n) is 3.31. The van der Waals surface area contributed by atoms with E-state index in [1.54, 1.807) is 23.9 Å². The van der Waals surface area contributed by atoms with Crippen molar-refractivity contribution < 1.29 is 4.39 Å². The Labute approximate surface area is 116 Å². The first-order valence-corrected chi connectivity index (χ1v) is 7.39. The summed E-state index contributed by atoms with van der Waals surface area (Å²) >= 11 is 7.37. The summed E-state index contributed by atoms with van der Waals surface area (Å²) in [5.41, 5.74) is 0.435. The molecule has 1 aliphatic heterocycles. The Morgan fingerprint density at radius 1 is 1.44 bits per heavy atom. The van der Waals surface area contributed by atoms with Crippen LogP contribution in [-0.2, 0) is 0 Å². The highest BCUT2D eigenvalue weighted by Crippen LogP contribution is 2.34. The summed E-state index contributed by atoms with van der Waals surface area (Å²) in [4.78, 5) is 4.68. The summed E-state index contributed by atoms with van der Waals surface area (Å²) in [5, 5.41) is 4.23. The molecule has 1 aromatic carbocycles. The fourth-order valence-electron chi connectivity index (χ4n) is 1.86. The molecule has 18 heavy (non-hydrogen) atoms. The van der Waals surface area contributed by atoms with Crippen molar-refractivity contribution >= 4 is 34.2 Å². The Bertz CT molecular complexity index is 472. The predicted octanol–water partition coefficient (Wildman–Crippen LogP) is 4.55. The molecule has 98 valence electrons. The van der Waals surface area contributed by atoms with E-state index in [4.69, 9.17) is 11.6 Å². The SMILES string of the molecule is CCC1(CC)CSC(Nc2ccc(Cl)cc2F)=N1. The van der Waals surface area contributed by atoms with Gasteiger partial charge in [-0.3, -0.25) is 4.99 Å². The maximum Gasteiger partial charge on any atom is 0.161 e. The number of amidine groups is 1. The van der Waals surface area contributed by atoms with Gasteiger partial charge in [0.25, 0.3) is 0 Å². The van der Waals surface area contributed by atoms with Gasteiger partial charge >= 0.3 is 0 Å². The zero-order valence-corrected chi connectivity index (χ0v) is 12.0. The van der Waals surface area contributed by atoms with E-state index in [1.165, 1.54) is 6.07 Å². The normalized spacial score (nSPS) is 17.7. The zero-order chi connectivity index (χ0) is 13.2. The molecule has 0 saturated heterocycles. The van der Waals surface area contributed by atoms with Crippen LogP contribution in [0.5, 0.6) is 0 Å². The van der Waals surface area contributed by atoms with E-state index in [9.17, 15) is 4.39 Å². The van der Waals surface area contributed by atoms with Crippen LogP contribution in [0.3, 0.4) is 0 Å². The second-order valence-electron chi connectivity index (χ2n) is 4.39. The zero-order valence-electron chi connectivity index (χ0n) is 10.5. The molecule has 0 atom stereocenters. The van der Waals surface area contributed by atoms with Crippen LogP contribution in [0.1, 0.15) is 26.7 Å². The van der Waals surface area contributed by atoms with E-state index in [1.807, 2.05) is 0 Å². The summed E-state index contributed by atoms with van der Waals surface area (Å²) in [6.07, 6.45) is 2.01. The largest absolute Gasteiger partial charge is 0.333 e. The molecular formula is C13H16ClFN2S. The molecule has 0 spiro atoms. The van der Waals surface area contributed by atoms with Crippen molar-refractivity contribution in [1.82, 2.24) is 0 Å². The Morgan fingerprint density at radius 3 is 2.72 bits per heavy atom. The summed E-state index contributed by atoms with van der Waals surface area (Å²) in [5.74, 6) is 0.605. The van der Waals surface area contributed by atoms with Gasteiger partial charge in [0.05, 0.1) is 11.2 Å². The van der Waals surface area contributed by atoms with Crippen LogP contribution < -0.4 is 5.32 Å². The van der Waals surface area contributed by atoms with Crippen LogP contribution in [-0.4, -0.2) is 16.5 Å². The first-order chi connectivity index (χ1) is 8.58. The number of anilines is 1. The van der Waals surface area contributed by atoms with Crippen molar-refractivity contribution in [3.05, 3.63) is 29.0 Å². The number of hydrogen-bond acceptors (Lipinski definition) is 3. The number of halogens is 2. The van der Waals surface area contributed by atoms with Gasteiger partial charge in [0.1, 0.15) is 5.82 Å². The number of thioether (sulfide) groups is 1. The second kappa shape index (κ2) is 5.49. The van der Waals surface area contributed by atoms with Gasteiger partial charge in [0.15, 0.2) is 5.17 Å². The molecular weight excluding hydrogens is 271 g/mol. The molecule has 0 saturated carbocycles. The van der Waals surface area contributed by atoms with Gasteiger partial charge in [-0.25, -0.2) is 4.39 Å². The summed E-state index contributed by atoms with van der Waals surface area (Å²) in [7, 11) is 0. The Hall–Kier alpha value is -0.740. The molecule has 0 amide bonds. The molecule has 0 aromatic heterocycles. The highest BCUT2D eigenvalue weighted by molar-refractivity contribution is 8.14. The highest BCUT2D eigenvalue weighted by atomic mass is 35.5. The summed E-state index contributed by atoms with van der Waals surface area (Å²) < 4.78 is 13.6. The number of aliphatic imine (C=N–C) groups is 1. The van der Waals surface area contributed by atoms with Crippen LogP contribution in [0, 0.1) is 5.82 Å². The quantitative estimate of drug-likeness (QED) is 0.881. The number of rotatable bonds is 3. The molecule has 1 heterocycles. The number of benzene rings is 1. The topological polar surface area (TPSA) is 24.4 Å². The van der Waals surface area contributed by atoms with Crippen LogP contribution in [0.25, 0.3) is 0 Å². The van der Waals surface area contributed by atoms with E-state index >= 15 is 0 Å². The molecule has 0 aliphatic carbocycles. The highest BCUT2D eigenvalue weighted by Gasteiger charge is 2.32. The molecule has 1 N–H and O–H groups in total. The van der Waals surface area contributed by atoms with Crippen molar-refractivity contribution in [2.45, 2.75) is 32.2 Å². The standard InChI is InChI=1S/C13H16ClFN2S/c1-3-13(4-2)8-18-12(17-13)16-11-6-5-9(14)7-10(11)15/h5-7H,3-4,8H2,1-2H3,(H,16,17). The van der Waals surface area contributed by atoms with Crippen molar-refractivity contribution in [3.63, 3.8) is 0 Å². The van der Waals surface area contributed by atoms with E-state index < -0.39 is 0 Å². The molecule has 0 fully saturated rings. The van der Waals surface area contributed by atoms with Crippen molar-refractivity contribution in [2.75, 3.05) is 11.1 Å². The Kier molecular flexibility index (Phi) is 4.17. The van der Waals surface area contributed by atoms with Crippen molar-refractivity contribution in [1.29, 1.82) is 0 Å². The molecule has 0 radical (unpaired) electrons. The minimum atomic E-state index is -0.351. The molecule has 1 aromatic rings. The average molecular weight is 287 g/mol. The molecule has 2 rings (SSSR count). The van der Waals surface area contributed by atoms with Crippen LogP contribution in [0.2, 0.25) is 5.02 Å². The number of nitrogens with zero attached hydrogens (tertiary/aromatic N) is 1. The first kappa shape index (κ1) is 13.7. The minimum absolute atomic E-state index is 0.00982. The van der Waals surface area contributed by atoms with Gasteiger partial charge in [-0.2, -0.15) is 0 Å². The van der Waals surface area contributed by atoms with Crippen LogP contribution >= 0.6 is 23.4 Å².